The fraction of sp³-hybridized carbons (Fsp3) is 0.737. The summed E-state index contributed by atoms with van der Waals surface area (Å²) in [6.45, 7) is 4.62. The van der Waals surface area contributed by atoms with Crippen LogP contribution in [-0.2, 0) is 15.9 Å². The Balaban J connectivity index is 1.33. The van der Waals surface area contributed by atoms with Gasteiger partial charge in [-0.05, 0) is 50.0 Å². The molecule has 1 N–H and O–H groups in total. The number of nitrogens with zero attached hydrogens (tertiary/aromatic N) is 2. The molecule has 1 atom stereocenters. The van der Waals surface area contributed by atoms with Gasteiger partial charge in [0.1, 0.15) is 0 Å². The Bertz CT molecular complexity index is 507. The third-order valence-corrected chi connectivity index (χ3v) is 5.92. The number of rotatable bonds is 6. The minimum Gasteiger partial charge on any atom is -0.376 e. The van der Waals surface area contributed by atoms with E-state index in [4.69, 9.17) is 9.47 Å². The number of aliphatic imine (C=N–C) groups is 1. The molecule has 25 heavy (non-hydrogen) atoms. The van der Waals surface area contributed by atoms with Crippen LogP contribution in [0, 0.1) is 0 Å². The van der Waals surface area contributed by atoms with Crippen molar-refractivity contribution in [2.24, 2.45) is 4.99 Å². The van der Waals surface area contributed by atoms with E-state index in [0.29, 0.717) is 12.2 Å². The number of ether oxygens (including phenoxy) is 2. The minimum absolute atomic E-state index is 0.318. The Morgan fingerprint density at radius 2 is 2.24 bits per heavy atom. The lowest BCUT2D eigenvalue weighted by Gasteiger charge is -2.35. The molecule has 0 amide bonds. The van der Waals surface area contributed by atoms with Crippen LogP contribution < -0.4 is 5.32 Å². The predicted molar refractivity (Wildman–Crippen MR) is 104 cm³/mol. The molecule has 2 saturated heterocycles. The highest BCUT2D eigenvalue weighted by Crippen LogP contribution is 2.18. The van der Waals surface area contributed by atoms with Crippen LogP contribution in [0.15, 0.2) is 22.5 Å². The molecule has 140 valence electrons. The van der Waals surface area contributed by atoms with E-state index in [2.05, 4.69) is 32.7 Å². The van der Waals surface area contributed by atoms with E-state index in [1.807, 2.05) is 18.4 Å². The number of hydrogen-bond donors (Lipinski definition) is 1. The van der Waals surface area contributed by atoms with E-state index < -0.39 is 0 Å². The lowest BCUT2D eigenvalue weighted by atomic mass is 10.1. The first-order valence-corrected chi connectivity index (χ1v) is 10.4. The van der Waals surface area contributed by atoms with Crippen LogP contribution in [-0.4, -0.2) is 63.0 Å². The summed E-state index contributed by atoms with van der Waals surface area (Å²) in [5.41, 5.74) is 0. The summed E-state index contributed by atoms with van der Waals surface area (Å²) in [4.78, 5) is 8.22. The van der Waals surface area contributed by atoms with Crippen LogP contribution in [0.3, 0.4) is 0 Å². The summed E-state index contributed by atoms with van der Waals surface area (Å²) in [5, 5.41) is 5.63. The van der Waals surface area contributed by atoms with Crippen LogP contribution in [0.4, 0.5) is 0 Å². The lowest BCUT2D eigenvalue weighted by molar-refractivity contribution is -0.0721. The third-order valence-electron chi connectivity index (χ3n) is 4.98. The molecule has 3 heterocycles. The summed E-state index contributed by atoms with van der Waals surface area (Å²) in [5.74, 6) is 1.02. The molecular formula is C19H31N3O2S. The van der Waals surface area contributed by atoms with Crippen molar-refractivity contribution >= 4 is 17.3 Å². The van der Waals surface area contributed by atoms with Crippen LogP contribution >= 0.6 is 11.3 Å². The van der Waals surface area contributed by atoms with Gasteiger partial charge in [-0.15, -0.1) is 11.3 Å². The highest BCUT2D eigenvalue weighted by atomic mass is 32.1. The van der Waals surface area contributed by atoms with Crippen molar-refractivity contribution in [2.45, 2.75) is 50.7 Å². The molecular weight excluding hydrogens is 334 g/mol. The molecule has 1 aromatic heterocycles. The van der Waals surface area contributed by atoms with Crippen molar-refractivity contribution in [3.63, 3.8) is 0 Å². The number of piperidine rings is 1. The lowest BCUT2D eigenvalue weighted by Crippen LogP contribution is -2.47. The summed E-state index contributed by atoms with van der Waals surface area (Å²) < 4.78 is 11.9. The molecule has 0 spiro atoms. The van der Waals surface area contributed by atoms with Gasteiger partial charge < -0.3 is 19.7 Å². The Kier molecular flexibility index (Phi) is 7.57. The topological polar surface area (TPSA) is 46.1 Å². The first-order chi connectivity index (χ1) is 12.3. The number of thiophene rings is 1. The second kappa shape index (κ2) is 10.1. The van der Waals surface area contributed by atoms with Crippen LogP contribution in [0.1, 0.15) is 37.0 Å². The molecule has 5 nitrogen and oxygen atoms in total. The number of nitrogens with one attached hydrogen (secondary N) is 1. The molecule has 0 saturated carbocycles. The number of guanidine groups is 1. The van der Waals surface area contributed by atoms with Gasteiger partial charge in [-0.3, -0.25) is 4.99 Å². The van der Waals surface area contributed by atoms with Gasteiger partial charge in [-0.1, -0.05) is 6.07 Å². The van der Waals surface area contributed by atoms with Crippen molar-refractivity contribution in [1.82, 2.24) is 10.2 Å². The molecule has 2 aliphatic heterocycles. The zero-order chi connectivity index (χ0) is 17.3. The third kappa shape index (κ3) is 5.97. The van der Waals surface area contributed by atoms with Crippen molar-refractivity contribution in [1.29, 1.82) is 0 Å². The van der Waals surface area contributed by atoms with Crippen molar-refractivity contribution in [2.75, 3.05) is 39.9 Å². The van der Waals surface area contributed by atoms with Gasteiger partial charge in [0, 0.05) is 38.2 Å². The normalized spacial score (nSPS) is 23.0. The monoisotopic (exact) mass is 365 g/mol. The number of likely N-dealkylation sites (tertiary alicyclic amines) is 1. The Morgan fingerprint density at radius 3 is 2.92 bits per heavy atom. The van der Waals surface area contributed by atoms with Crippen LogP contribution in [0.2, 0.25) is 0 Å². The largest absolute Gasteiger partial charge is 0.376 e. The average molecular weight is 366 g/mol. The van der Waals surface area contributed by atoms with Crippen LogP contribution in [0.25, 0.3) is 0 Å². The molecule has 0 aliphatic carbocycles. The summed E-state index contributed by atoms with van der Waals surface area (Å²) in [6, 6.07) is 4.30. The quantitative estimate of drug-likeness (QED) is 0.622. The SMILES string of the molecule is CN=C(NCCc1cccs1)N1CCC(OCC2CCCCO2)CC1. The van der Waals surface area contributed by atoms with E-state index in [0.717, 1.165) is 64.5 Å². The standard InChI is InChI=1S/C19H31N3O2S/c1-20-19(21-10-7-18-6-4-14-25-18)22-11-8-16(9-12-22)24-15-17-5-2-3-13-23-17/h4,6,14,16-17H,2-3,5,7-13,15H2,1H3,(H,20,21). The highest BCUT2D eigenvalue weighted by Gasteiger charge is 2.23. The first kappa shape index (κ1) is 18.7. The van der Waals surface area contributed by atoms with E-state index >= 15 is 0 Å². The van der Waals surface area contributed by atoms with Crippen molar-refractivity contribution in [3.05, 3.63) is 22.4 Å². The molecule has 0 aromatic carbocycles. The molecule has 0 radical (unpaired) electrons. The Hall–Kier alpha value is -1.11. The van der Waals surface area contributed by atoms with Gasteiger partial charge in [-0.25, -0.2) is 0 Å². The van der Waals surface area contributed by atoms with E-state index in [9.17, 15) is 0 Å². The van der Waals surface area contributed by atoms with Crippen molar-refractivity contribution in [3.8, 4) is 0 Å². The van der Waals surface area contributed by atoms with E-state index in [1.165, 1.54) is 17.7 Å². The maximum absolute atomic E-state index is 6.10. The van der Waals surface area contributed by atoms with Gasteiger partial charge in [0.2, 0.25) is 0 Å². The fourth-order valence-corrected chi connectivity index (χ4v) is 4.21. The van der Waals surface area contributed by atoms with E-state index in [-0.39, 0.29) is 0 Å². The molecule has 2 aliphatic rings. The van der Waals surface area contributed by atoms with Gasteiger partial charge in [0.15, 0.2) is 5.96 Å². The highest BCUT2D eigenvalue weighted by molar-refractivity contribution is 7.09. The predicted octanol–water partition coefficient (Wildman–Crippen LogP) is 2.92. The van der Waals surface area contributed by atoms with Crippen LogP contribution in [0.5, 0.6) is 0 Å². The fourth-order valence-electron chi connectivity index (χ4n) is 3.50. The smallest absolute Gasteiger partial charge is 0.193 e. The second-order valence-electron chi connectivity index (χ2n) is 6.81. The van der Waals surface area contributed by atoms with Gasteiger partial charge in [0.05, 0.1) is 18.8 Å². The molecule has 6 heteroatoms. The Morgan fingerprint density at radius 1 is 1.36 bits per heavy atom. The zero-order valence-electron chi connectivity index (χ0n) is 15.3. The van der Waals surface area contributed by atoms with Gasteiger partial charge >= 0.3 is 0 Å². The average Bonchev–Trinajstić information content (AvgIpc) is 3.18. The maximum Gasteiger partial charge on any atom is 0.193 e. The van der Waals surface area contributed by atoms with Crippen molar-refractivity contribution < 1.29 is 9.47 Å². The number of hydrogen-bond acceptors (Lipinski definition) is 4. The Labute approximate surface area is 155 Å². The first-order valence-electron chi connectivity index (χ1n) is 9.56. The van der Waals surface area contributed by atoms with Gasteiger partial charge in [-0.2, -0.15) is 0 Å². The second-order valence-corrected chi connectivity index (χ2v) is 7.84. The van der Waals surface area contributed by atoms with Gasteiger partial charge in [0.25, 0.3) is 0 Å². The maximum atomic E-state index is 6.10. The summed E-state index contributed by atoms with van der Waals surface area (Å²) in [6.07, 6.45) is 7.51. The molecule has 0 bridgehead atoms. The summed E-state index contributed by atoms with van der Waals surface area (Å²) in [7, 11) is 1.87. The summed E-state index contributed by atoms with van der Waals surface area (Å²) >= 11 is 1.81. The molecule has 3 rings (SSSR count). The molecule has 1 aromatic rings. The molecule has 1 unspecified atom stereocenters. The van der Waals surface area contributed by atoms with E-state index in [1.54, 1.807) is 0 Å². The zero-order valence-corrected chi connectivity index (χ0v) is 16.1. The minimum atomic E-state index is 0.318. The molecule has 2 fully saturated rings.